The first kappa shape index (κ1) is 12.9. The maximum absolute atomic E-state index is 11.4. The van der Waals surface area contributed by atoms with E-state index >= 15 is 0 Å². The SMILES string of the molecule is CCOC(=O)CN[C@@H]1C[C@H]2CC[C@]1(C)C2(C)C. The molecule has 3 heteroatoms. The minimum absolute atomic E-state index is 0.128. The van der Waals surface area contributed by atoms with E-state index in [1.165, 1.54) is 19.3 Å². The third-order valence-corrected chi connectivity index (χ3v) is 5.59. The van der Waals surface area contributed by atoms with Crippen LogP contribution in [0.5, 0.6) is 0 Å². The maximum atomic E-state index is 11.4. The first-order valence-corrected chi connectivity index (χ1v) is 6.81. The zero-order valence-electron chi connectivity index (χ0n) is 11.5. The number of carbonyl (C=O) groups is 1. The van der Waals surface area contributed by atoms with E-state index in [2.05, 4.69) is 26.1 Å². The van der Waals surface area contributed by atoms with E-state index in [9.17, 15) is 4.79 Å². The van der Waals surface area contributed by atoms with Crippen molar-refractivity contribution in [2.75, 3.05) is 13.2 Å². The molecule has 0 unspecified atom stereocenters. The molecule has 3 nitrogen and oxygen atoms in total. The van der Waals surface area contributed by atoms with Gasteiger partial charge in [0.25, 0.3) is 0 Å². The van der Waals surface area contributed by atoms with Gasteiger partial charge in [0.15, 0.2) is 0 Å². The summed E-state index contributed by atoms with van der Waals surface area (Å²) in [6.07, 6.45) is 3.84. The Hall–Kier alpha value is -0.570. The molecule has 0 spiro atoms. The van der Waals surface area contributed by atoms with Crippen molar-refractivity contribution in [2.45, 2.75) is 53.0 Å². The highest BCUT2D eigenvalue weighted by Crippen LogP contribution is 2.65. The van der Waals surface area contributed by atoms with Crippen molar-refractivity contribution in [1.29, 1.82) is 0 Å². The maximum Gasteiger partial charge on any atom is 0.319 e. The molecule has 0 aromatic rings. The smallest absolute Gasteiger partial charge is 0.319 e. The van der Waals surface area contributed by atoms with Gasteiger partial charge in [0.2, 0.25) is 0 Å². The third kappa shape index (κ3) is 1.88. The number of fused-ring (bicyclic) bond motifs is 2. The summed E-state index contributed by atoms with van der Waals surface area (Å²) in [4.78, 5) is 11.4. The standard InChI is InChI=1S/C14H25NO2/c1-5-17-12(16)9-15-11-8-10-6-7-14(11,4)13(10,2)3/h10-11,15H,5-9H2,1-4H3/t10-,11-,14+/m1/s1. The molecule has 0 aromatic heterocycles. The molecule has 2 rings (SSSR count). The Labute approximate surface area is 104 Å². The van der Waals surface area contributed by atoms with Gasteiger partial charge in [0.05, 0.1) is 13.2 Å². The molecule has 0 amide bonds. The molecule has 1 N–H and O–H groups in total. The van der Waals surface area contributed by atoms with Crippen molar-refractivity contribution in [1.82, 2.24) is 5.32 Å². The van der Waals surface area contributed by atoms with Crippen molar-refractivity contribution >= 4 is 5.97 Å². The van der Waals surface area contributed by atoms with Gasteiger partial charge in [0, 0.05) is 6.04 Å². The molecular formula is C14H25NO2. The average molecular weight is 239 g/mol. The van der Waals surface area contributed by atoms with Crippen LogP contribution in [0.1, 0.15) is 47.0 Å². The van der Waals surface area contributed by atoms with E-state index < -0.39 is 0 Å². The minimum Gasteiger partial charge on any atom is -0.465 e. The van der Waals surface area contributed by atoms with E-state index in [0.717, 1.165) is 5.92 Å². The number of rotatable bonds is 4. The van der Waals surface area contributed by atoms with Crippen LogP contribution in [0.4, 0.5) is 0 Å². The molecule has 3 atom stereocenters. The lowest BCUT2D eigenvalue weighted by molar-refractivity contribution is -0.142. The normalized spacial score (nSPS) is 38.4. The second-order valence-electron chi connectivity index (χ2n) is 6.35. The minimum atomic E-state index is -0.128. The van der Waals surface area contributed by atoms with Gasteiger partial charge in [-0.15, -0.1) is 0 Å². The first-order valence-electron chi connectivity index (χ1n) is 6.81. The Bertz CT molecular complexity index is 313. The predicted molar refractivity (Wildman–Crippen MR) is 67.7 cm³/mol. The highest BCUT2D eigenvalue weighted by molar-refractivity contribution is 5.71. The molecule has 17 heavy (non-hydrogen) atoms. The van der Waals surface area contributed by atoms with Gasteiger partial charge in [-0.05, 0) is 42.9 Å². The number of hydrogen-bond donors (Lipinski definition) is 1. The molecule has 0 saturated heterocycles. The quantitative estimate of drug-likeness (QED) is 0.765. The van der Waals surface area contributed by atoms with Crippen LogP contribution in [-0.2, 0) is 9.53 Å². The molecule has 2 aliphatic rings. The van der Waals surface area contributed by atoms with Crippen LogP contribution in [0.15, 0.2) is 0 Å². The summed E-state index contributed by atoms with van der Waals surface area (Å²) >= 11 is 0. The number of esters is 1. The molecule has 0 heterocycles. The van der Waals surface area contributed by atoms with Crippen molar-refractivity contribution in [2.24, 2.45) is 16.7 Å². The summed E-state index contributed by atoms with van der Waals surface area (Å²) in [7, 11) is 0. The van der Waals surface area contributed by atoms with E-state index in [0.29, 0.717) is 30.0 Å². The Morgan fingerprint density at radius 2 is 2.12 bits per heavy atom. The molecular weight excluding hydrogens is 214 g/mol. The van der Waals surface area contributed by atoms with Crippen LogP contribution in [0.2, 0.25) is 0 Å². The second-order valence-corrected chi connectivity index (χ2v) is 6.35. The lowest BCUT2D eigenvalue weighted by Crippen LogP contribution is -2.46. The van der Waals surface area contributed by atoms with Crippen LogP contribution >= 0.6 is 0 Å². The van der Waals surface area contributed by atoms with E-state index in [1.807, 2.05) is 6.92 Å². The zero-order chi connectivity index (χ0) is 12.7. The highest BCUT2D eigenvalue weighted by Gasteiger charge is 2.61. The van der Waals surface area contributed by atoms with Gasteiger partial charge < -0.3 is 10.1 Å². The fourth-order valence-corrected chi connectivity index (χ4v) is 3.93. The molecule has 2 bridgehead atoms. The zero-order valence-corrected chi connectivity index (χ0v) is 11.5. The summed E-state index contributed by atoms with van der Waals surface area (Å²) < 4.78 is 4.97. The second kappa shape index (κ2) is 4.27. The molecule has 0 aromatic carbocycles. The average Bonchev–Trinajstić information content (AvgIpc) is 2.59. The van der Waals surface area contributed by atoms with Crippen molar-refractivity contribution in [3.05, 3.63) is 0 Å². The number of ether oxygens (including phenoxy) is 1. The largest absolute Gasteiger partial charge is 0.465 e. The molecule has 0 aliphatic heterocycles. The van der Waals surface area contributed by atoms with Gasteiger partial charge in [-0.3, -0.25) is 4.79 Å². The monoisotopic (exact) mass is 239 g/mol. The highest BCUT2D eigenvalue weighted by atomic mass is 16.5. The summed E-state index contributed by atoms with van der Waals surface area (Å²) in [5, 5.41) is 3.42. The van der Waals surface area contributed by atoms with E-state index in [1.54, 1.807) is 0 Å². The van der Waals surface area contributed by atoms with Gasteiger partial charge in [-0.25, -0.2) is 0 Å². The third-order valence-electron chi connectivity index (χ3n) is 5.59. The van der Waals surface area contributed by atoms with E-state index in [4.69, 9.17) is 4.74 Å². The first-order chi connectivity index (χ1) is 7.91. The van der Waals surface area contributed by atoms with E-state index in [-0.39, 0.29) is 5.97 Å². The van der Waals surface area contributed by atoms with Gasteiger partial charge in [-0.2, -0.15) is 0 Å². The molecule has 0 radical (unpaired) electrons. The summed E-state index contributed by atoms with van der Waals surface area (Å²) in [6, 6.07) is 0.473. The predicted octanol–water partition coefficient (Wildman–Crippen LogP) is 2.35. The lowest BCUT2D eigenvalue weighted by Gasteiger charge is -2.39. The van der Waals surface area contributed by atoms with Crippen molar-refractivity contribution < 1.29 is 9.53 Å². The van der Waals surface area contributed by atoms with Crippen LogP contribution in [0, 0.1) is 16.7 Å². The topological polar surface area (TPSA) is 38.3 Å². The molecule has 2 saturated carbocycles. The van der Waals surface area contributed by atoms with Crippen molar-refractivity contribution in [3.63, 3.8) is 0 Å². The summed E-state index contributed by atoms with van der Waals surface area (Å²) in [5.74, 6) is 0.684. The lowest BCUT2D eigenvalue weighted by atomic mass is 9.69. The number of carbonyl (C=O) groups excluding carboxylic acids is 1. The van der Waals surface area contributed by atoms with Crippen LogP contribution in [-0.4, -0.2) is 25.2 Å². The number of nitrogens with one attached hydrogen (secondary N) is 1. The Kier molecular flexibility index (Phi) is 3.23. The molecule has 98 valence electrons. The Morgan fingerprint density at radius 1 is 1.41 bits per heavy atom. The van der Waals surface area contributed by atoms with Crippen LogP contribution in [0.25, 0.3) is 0 Å². The van der Waals surface area contributed by atoms with Crippen molar-refractivity contribution in [3.8, 4) is 0 Å². The Morgan fingerprint density at radius 3 is 2.59 bits per heavy atom. The van der Waals surface area contributed by atoms with Gasteiger partial charge >= 0.3 is 5.97 Å². The molecule has 2 fully saturated rings. The Balaban J connectivity index is 1.94. The fraction of sp³-hybridized carbons (Fsp3) is 0.929. The summed E-state index contributed by atoms with van der Waals surface area (Å²) in [6.45, 7) is 9.82. The van der Waals surface area contributed by atoms with Crippen LogP contribution < -0.4 is 5.32 Å². The van der Waals surface area contributed by atoms with Gasteiger partial charge in [0.1, 0.15) is 0 Å². The van der Waals surface area contributed by atoms with Gasteiger partial charge in [-0.1, -0.05) is 20.8 Å². The summed E-state index contributed by atoms with van der Waals surface area (Å²) in [5.41, 5.74) is 0.740. The number of hydrogen-bond acceptors (Lipinski definition) is 3. The fourth-order valence-electron chi connectivity index (χ4n) is 3.93. The molecule has 2 aliphatic carbocycles. The van der Waals surface area contributed by atoms with Crippen LogP contribution in [0.3, 0.4) is 0 Å².